The number of aromatic nitrogens is 1. The molecule has 0 aliphatic rings. The largest absolute Gasteiger partial charge is 0.497 e. The number of pyridine rings is 1. The molecule has 1 heterocycles. The molecule has 0 saturated heterocycles. The van der Waals surface area contributed by atoms with Gasteiger partial charge in [0.05, 0.1) is 17.1 Å². The predicted molar refractivity (Wildman–Crippen MR) is 122 cm³/mol. The van der Waals surface area contributed by atoms with Gasteiger partial charge < -0.3 is 10.1 Å². The molecule has 33 heavy (non-hydrogen) atoms. The van der Waals surface area contributed by atoms with Crippen LogP contribution in [-0.4, -0.2) is 31.9 Å². The topological polar surface area (TPSA) is 71.5 Å². The second-order valence-corrected chi connectivity index (χ2v) is 10.1. The Bertz CT molecular complexity index is 1220. The maximum Gasteiger partial charge on any atom is 0.416 e. The number of ether oxygens (including phenoxy) is 1. The van der Waals surface area contributed by atoms with Crippen molar-refractivity contribution in [1.82, 2.24) is 9.29 Å². The number of hydrogen-bond donors (Lipinski definition) is 1. The lowest BCUT2D eigenvalue weighted by molar-refractivity contribution is -0.137. The molecule has 0 radical (unpaired) electrons. The average Bonchev–Trinajstić information content (AvgIpc) is 2.78. The van der Waals surface area contributed by atoms with E-state index in [0.29, 0.717) is 21.6 Å². The van der Waals surface area contributed by atoms with Crippen molar-refractivity contribution < 1.29 is 26.3 Å². The van der Waals surface area contributed by atoms with Gasteiger partial charge in [0, 0.05) is 26.3 Å². The molecule has 1 N–H and O–H groups in total. The monoisotopic (exact) mass is 543 g/mol. The van der Waals surface area contributed by atoms with Gasteiger partial charge in [0.15, 0.2) is 0 Å². The highest BCUT2D eigenvalue weighted by Gasteiger charge is 2.30. The smallest absolute Gasteiger partial charge is 0.416 e. The molecule has 0 saturated carbocycles. The summed E-state index contributed by atoms with van der Waals surface area (Å²) in [6.45, 7) is 0.235. The van der Waals surface area contributed by atoms with Crippen LogP contribution < -0.4 is 10.1 Å². The van der Waals surface area contributed by atoms with Crippen LogP contribution in [0, 0.1) is 0 Å². The second-order valence-electron chi connectivity index (χ2n) is 7.16. The summed E-state index contributed by atoms with van der Waals surface area (Å²) in [5.41, 5.74) is 0.456. The number of alkyl halides is 3. The molecule has 3 aromatic rings. The molecule has 0 bridgehead atoms. The van der Waals surface area contributed by atoms with Crippen molar-refractivity contribution in [1.29, 1.82) is 0 Å². The lowest BCUT2D eigenvalue weighted by Gasteiger charge is -2.18. The lowest BCUT2D eigenvalue weighted by Crippen LogP contribution is -2.26. The van der Waals surface area contributed by atoms with E-state index in [-0.39, 0.29) is 18.0 Å². The molecule has 0 aliphatic carbocycles. The van der Waals surface area contributed by atoms with Crippen molar-refractivity contribution in [3.63, 3.8) is 0 Å². The predicted octanol–water partition coefficient (Wildman–Crippen LogP) is 5.30. The standard InChI is InChI=1S/C22H21BrF3N3O3S/c1-29(14-15-6-8-18(32-2)9-7-15)33(30,31)19-11-20(23)21(28-13-19)27-12-16-4-3-5-17(10-16)22(24,25)26/h3-11,13H,12,14H2,1-2H3,(H,27,28). The number of methoxy groups -OCH3 is 1. The van der Waals surface area contributed by atoms with Crippen LogP contribution in [-0.2, 0) is 29.3 Å². The Morgan fingerprint density at radius 3 is 2.39 bits per heavy atom. The van der Waals surface area contributed by atoms with Gasteiger partial charge in [-0.05, 0) is 57.4 Å². The molecular formula is C22H21BrF3N3O3S. The number of nitrogens with zero attached hydrogens (tertiary/aromatic N) is 2. The number of benzene rings is 2. The molecule has 0 fully saturated rings. The Hall–Kier alpha value is -2.63. The van der Waals surface area contributed by atoms with Gasteiger partial charge >= 0.3 is 6.18 Å². The van der Waals surface area contributed by atoms with E-state index in [1.165, 1.54) is 29.7 Å². The number of anilines is 1. The summed E-state index contributed by atoms with van der Waals surface area (Å²) < 4.78 is 71.2. The van der Waals surface area contributed by atoms with Crippen molar-refractivity contribution in [2.45, 2.75) is 24.2 Å². The molecule has 3 rings (SSSR count). The van der Waals surface area contributed by atoms with Crippen LogP contribution in [0.2, 0.25) is 0 Å². The van der Waals surface area contributed by atoms with Crippen LogP contribution in [0.4, 0.5) is 19.0 Å². The molecule has 2 aromatic carbocycles. The van der Waals surface area contributed by atoms with E-state index in [2.05, 4.69) is 26.2 Å². The number of rotatable bonds is 8. The second kappa shape index (κ2) is 10.1. The van der Waals surface area contributed by atoms with Crippen molar-refractivity contribution in [2.24, 2.45) is 0 Å². The zero-order valence-corrected chi connectivity index (χ0v) is 20.1. The number of hydrogen-bond acceptors (Lipinski definition) is 5. The quantitative estimate of drug-likeness (QED) is 0.417. The number of halogens is 4. The molecular weight excluding hydrogens is 523 g/mol. The van der Waals surface area contributed by atoms with E-state index in [9.17, 15) is 21.6 Å². The van der Waals surface area contributed by atoms with Gasteiger partial charge in [-0.15, -0.1) is 0 Å². The summed E-state index contributed by atoms with van der Waals surface area (Å²) in [7, 11) is -0.809. The lowest BCUT2D eigenvalue weighted by atomic mass is 10.1. The fourth-order valence-electron chi connectivity index (χ4n) is 2.99. The van der Waals surface area contributed by atoms with Crippen LogP contribution in [0.5, 0.6) is 5.75 Å². The summed E-state index contributed by atoms with van der Waals surface area (Å²) in [6.07, 6.45) is -3.22. The SMILES string of the molecule is COc1ccc(CN(C)S(=O)(=O)c2cnc(NCc3cccc(C(F)(F)F)c3)c(Br)c2)cc1. The van der Waals surface area contributed by atoms with Crippen molar-refractivity contribution in [3.05, 3.63) is 82.0 Å². The average molecular weight is 544 g/mol. The summed E-state index contributed by atoms with van der Waals surface area (Å²) >= 11 is 3.29. The Kier molecular flexibility index (Phi) is 7.65. The number of nitrogens with one attached hydrogen (secondary N) is 1. The third-order valence-corrected chi connectivity index (χ3v) is 7.18. The van der Waals surface area contributed by atoms with E-state index in [1.807, 2.05) is 0 Å². The summed E-state index contributed by atoms with van der Waals surface area (Å²) in [5.74, 6) is 0.981. The molecule has 6 nitrogen and oxygen atoms in total. The summed E-state index contributed by atoms with van der Waals surface area (Å²) in [6, 6.07) is 13.4. The van der Waals surface area contributed by atoms with E-state index in [0.717, 1.165) is 17.7 Å². The van der Waals surface area contributed by atoms with Gasteiger partial charge in [0.2, 0.25) is 10.0 Å². The fourth-order valence-corrected chi connectivity index (χ4v) is 4.76. The maximum atomic E-state index is 12.9. The Morgan fingerprint density at radius 2 is 1.79 bits per heavy atom. The van der Waals surface area contributed by atoms with E-state index >= 15 is 0 Å². The zero-order chi connectivity index (χ0) is 24.2. The molecule has 0 aliphatic heterocycles. The van der Waals surface area contributed by atoms with Crippen molar-refractivity contribution in [3.8, 4) is 5.75 Å². The minimum atomic E-state index is -4.43. The third-order valence-electron chi connectivity index (χ3n) is 4.80. The van der Waals surface area contributed by atoms with Crippen LogP contribution in [0.3, 0.4) is 0 Å². The van der Waals surface area contributed by atoms with Gasteiger partial charge in [0.25, 0.3) is 0 Å². The van der Waals surface area contributed by atoms with E-state index in [4.69, 9.17) is 4.74 Å². The minimum Gasteiger partial charge on any atom is -0.497 e. The van der Waals surface area contributed by atoms with Crippen molar-refractivity contribution in [2.75, 3.05) is 19.5 Å². The van der Waals surface area contributed by atoms with Crippen molar-refractivity contribution >= 4 is 31.8 Å². The summed E-state index contributed by atoms with van der Waals surface area (Å²) in [5, 5.41) is 2.92. The Morgan fingerprint density at radius 1 is 1.09 bits per heavy atom. The van der Waals surface area contributed by atoms with Crippen LogP contribution >= 0.6 is 15.9 Å². The minimum absolute atomic E-state index is 0.0185. The van der Waals surface area contributed by atoms with E-state index < -0.39 is 21.8 Å². The van der Waals surface area contributed by atoms with Gasteiger partial charge in [0.1, 0.15) is 16.5 Å². The van der Waals surface area contributed by atoms with Gasteiger partial charge in [-0.2, -0.15) is 17.5 Å². The Balaban J connectivity index is 1.71. The summed E-state index contributed by atoms with van der Waals surface area (Å²) in [4.78, 5) is 4.12. The number of sulfonamides is 1. The van der Waals surface area contributed by atoms with Gasteiger partial charge in [-0.1, -0.05) is 24.3 Å². The normalized spacial score (nSPS) is 12.1. The molecule has 0 spiro atoms. The highest BCUT2D eigenvalue weighted by atomic mass is 79.9. The highest BCUT2D eigenvalue weighted by molar-refractivity contribution is 9.10. The van der Waals surface area contributed by atoms with Crippen LogP contribution in [0.15, 0.2) is 70.2 Å². The fraction of sp³-hybridized carbons (Fsp3) is 0.227. The van der Waals surface area contributed by atoms with Gasteiger partial charge in [-0.3, -0.25) is 0 Å². The first-order valence-electron chi connectivity index (χ1n) is 9.65. The highest BCUT2D eigenvalue weighted by Crippen LogP contribution is 2.30. The molecule has 0 atom stereocenters. The first-order valence-corrected chi connectivity index (χ1v) is 11.9. The molecule has 1 aromatic heterocycles. The molecule has 176 valence electrons. The Labute approximate surface area is 198 Å². The van der Waals surface area contributed by atoms with Gasteiger partial charge in [-0.25, -0.2) is 13.4 Å². The molecule has 0 unspecified atom stereocenters. The van der Waals surface area contributed by atoms with Crippen LogP contribution in [0.25, 0.3) is 0 Å². The van der Waals surface area contributed by atoms with Crippen LogP contribution in [0.1, 0.15) is 16.7 Å². The maximum absolute atomic E-state index is 12.9. The zero-order valence-electron chi connectivity index (χ0n) is 17.7. The third kappa shape index (κ3) is 6.24. The molecule has 0 amide bonds. The molecule has 11 heteroatoms. The first kappa shape index (κ1) is 25.0. The van der Waals surface area contributed by atoms with E-state index in [1.54, 1.807) is 37.4 Å². The first-order chi connectivity index (χ1) is 15.5.